The normalized spacial score (nSPS) is 13.1. The topological polar surface area (TPSA) is 0 Å². The maximum atomic E-state index is 14.9. The first kappa shape index (κ1) is 21.2. The van der Waals surface area contributed by atoms with Crippen LogP contribution in [0.4, 0.5) is 35.1 Å². The Labute approximate surface area is 150 Å². The van der Waals surface area contributed by atoms with E-state index < -0.39 is 35.0 Å². The van der Waals surface area contributed by atoms with Gasteiger partial charge in [-0.05, 0) is 47.2 Å². The van der Waals surface area contributed by atoms with E-state index in [2.05, 4.69) is 0 Å². The second-order valence-corrected chi connectivity index (χ2v) is 6.05. The van der Waals surface area contributed by atoms with Gasteiger partial charge in [0.25, 0.3) is 0 Å². The summed E-state index contributed by atoms with van der Waals surface area (Å²) in [5, 5.41) is 0. The molecule has 148 valence electrons. The van der Waals surface area contributed by atoms with E-state index in [1.165, 1.54) is 19.9 Å². The lowest BCUT2D eigenvalue weighted by Crippen LogP contribution is -2.50. The van der Waals surface area contributed by atoms with Gasteiger partial charge in [-0.15, -0.1) is 0 Å². The van der Waals surface area contributed by atoms with E-state index in [1.54, 1.807) is 0 Å². The van der Waals surface area contributed by atoms with Gasteiger partial charge in [-0.25, -0.2) is 8.78 Å². The molecule has 0 amide bonds. The zero-order valence-corrected chi connectivity index (χ0v) is 14.4. The number of halogens is 8. The number of benzene rings is 2. The molecule has 0 atom stereocenters. The molecule has 0 N–H and O–H groups in total. The standard InChI is InChI=1S/C19H16F8/c1-3-11-9-12(4-2)16(13-5-7-14(20)8-6-13)15(10-11)17(21,18(22,23)24)19(25,26)27/h5-10H,3-4H2,1-2H3. The Kier molecular flexibility index (Phi) is 5.59. The van der Waals surface area contributed by atoms with Crippen molar-refractivity contribution in [3.05, 3.63) is 58.9 Å². The summed E-state index contributed by atoms with van der Waals surface area (Å²) < 4.78 is 108. The van der Waals surface area contributed by atoms with E-state index in [0.29, 0.717) is 6.07 Å². The summed E-state index contributed by atoms with van der Waals surface area (Å²) in [7, 11) is 0. The molecule has 0 radical (unpaired) electrons. The average molecular weight is 396 g/mol. The predicted octanol–water partition coefficient (Wildman–Crippen LogP) is 6.91. The summed E-state index contributed by atoms with van der Waals surface area (Å²) >= 11 is 0. The van der Waals surface area contributed by atoms with Crippen LogP contribution >= 0.6 is 0 Å². The zero-order valence-electron chi connectivity index (χ0n) is 14.4. The van der Waals surface area contributed by atoms with Crippen molar-refractivity contribution in [2.24, 2.45) is 0 Å². The summed E-state index contributed by atoms with van der Waals surface area (Å²) in [6.45, 7) is 3.07. The molecule has 2 rings (SSSR count). The molecule has 0 spiro atoms. The minimum Gasteiger partial charge on any atom is -0.218 e. The highest BCUT2D eigenvalue weighted by molar-refractivity contribution is 5.73. The Morgan fingerprint density at radius 1 is 0.741 bits per heavy atom. The van der Waals surface area contributed by atoms with E-state index in [4.69, 9.17) is 0 Å². The highest BCUT2D eigenvalue weighted by Crippen LogP contribution is 2.56. The average Bonchev–Trinajstić information content (AvgIpc) is 2.58. The second kappa shape index (κ2) is 7.13. The van der Waals surface area contributed by atoms with Gasteiger partial charge in [0.1, 0.15) is 5.82 Å². The minimum atomic E-state index is -6.22. The molecule has 0 fully saturated rings. The minimum absolute atomic E-state index is 0.0688. The van der Waals surface area contributed by atoms with Gasteiger partial charge in [-0.3, -0.25) is 0 Å². The lowest BCUT2D eigenvalue weighted by Gasteiger charge is -2.33. The summed E-state index contributed by atoms with van der Waals surface area (Å²) in [5.74, 6) is -0.721. The van der Waals surface area contributed by atoms with Crippen LogP contribution < -0.4 is 0 Å². The third-order valence-corrected chi connectivity index (χ3v) is 4.35. The van der Waals surface area contributed by atoms with Gasteiger partial charge in [-0.2, -0.15) is 26.3 Å². The van der Waals surface area contributed by atoms with Crippen molar-refractivity contribution >= 4 is 0 Å². The van der Waals surface area contributed by atoms with E-state index in [1.807, 2.05) is 0 Å². The van der Waals surface area contributed by atoms with Crippen LogP contribution in [0, 0.1) is 5.82 Å². The van der Waals surface area contributed by atoms with Crippen LogP contribution in [-0.2, 0) is 18.5 Å². The summed E-state index contributed by atoms with van der Waals surface area (Å²) in [6.07, 6.45) is -12.3. The Bertz CT molecular complexity index is 786. The molecule has 0 nitrogen and oxygen atoms in total. The van der Waals surface area contributed by atoms with Crippen molar-refractivity contribution < 1.29 is 35.1 Å². The maximum Gasteiger partial charge on any atom is 0.435 e. The number of hydrogen-bond donors (Lipinski definition) is 0. The van der Waals surface area contributed by atoms with Crippen LogP contribution in [0.25, 0.3) is 11.1 Å². The molecular formula is C19H16F8. The molecule has 0 bridgehead atoms. The van der Waals surface area contributed by atoms with Crippen molar-refractivity contribution in [2.75, 3.05) is 0 Å². The summed E-state index contributed by atoms with van der Waals surface area (Å²) in [5.41, 5.74) is -7.47. The van der Waals surface area contributed by atoms with Crippen molar-refractivity contribution in [2.45, 2.75) is 44.7 Å². The SMILES string of the molecule is CCc1cc(CC)c(-c2ccc(F)cc2)c(C(F)(C(F)(F)F)C(F)(F)F)c1. The molecule has 0 unspecified atom stereocenters. The molecule has 0 aliphatic rings. The zero-order chi connectivity index (χ0) is 20.6. The fourth-order valence-electron chi connectivity index (χ4n) is 2.95. The van der Waals surface area contributed by atoms with Crippen molar-refractivity contribution in [1.29, 1.82) is 0 Å². The number of alkyl halides is 7. The van der Waals surface area contributed by atoms with E-state index >= 15 is 0 Å². The van der Waals surface area contributed by atoms with Crippen molar-refractivity contribution in [1.82, 2.24) is 0 Å². The molecule has 0 saturated heterocycles. The van der Waals surface area contributed by atoms with E-state index in [9.17, 15) is 35.1 Å². The van der Waals surface area contributed by atoms with Crippen LogP contribution in [-0.4, -0.2) is 12.4 Å². The monoisotopic (exact) mass is 396 g/mol. The fourth-order valence-corrected chi connectivity index (χ4v) is 2.95. The van der Waals surface area contributed by atoms with E-state index in [-0.39, 0.29) is 29.5 Å². The number of aryl methyl sites for hydroxylation is 2. The largest absolute Gasteiger partial charge is 0.435 e. The quantitative estimate of drug-likeness (QED) is 0.493. The fraction of sp³-hybridized carbons (Fsp3) is 0.368. The van der Waals surface area contributed by atoms with Gasteiger partial charge in [0.2, 0.25) is 0 Å². The first-order valence-corrected chi connectivity index (χ1v) is 8.11. The molecule has 0 heterocycles. The summed E-state index contributed by atoms with van der Waals surface area (Å²) in [4.78, 5) is 0. The van der Waals surface area contributed by atoms with Crippen LogP contribution in [0.1, 0.15) is 30.5 Å². The van der Waals surface area contributed by atoms with Crippen LogP contribution in [0.2, 0.25) is 0 Å². The van der Waals surface area contributed by atoms with Crippen LogP contribution in [0.5, 0.6) is 0 Å². The Balaban J connectivity index is 2.98. The van der Waals surface area contributed by atoms with Crippen LogP contribution in [0.15, 0.2) is 36.4 Å². The first-order chi connectivity index (χ1) is 12.4. The first-order valence-electron chi connectivity index (χ1n) is 8.11. The molecule has 8 heteroatoms. The van der Waals surface area contributed by atoms with Crippen molar-refractivity contribution in [3.8, 4) is 11.1 Å². The highest BCUT2D eigenvalue weighted by Gasteiger charge is 2.74. The molecule has 0 aliphatic heterocycles. The second-order valence-electron chi connectivity index (χ2n) is 6.05. The van der Waals surface area contributed by atoms with Gasteiger partial charge in [0, 0.05) is 5.56 Å². The molecule has 27 heavy (non-hydrogen) atoms. The maximum absolute atomic E-state index is 14.9. The third-order valence-electron chi connectivity index (χ3n) is 4.35. The lowest BCUT2D eigenvalue weighted by molar-refractivity contribution is -0.348. The molecule has 2 aromatic rings. The van der Waals surface area contributed by atoms with Crippen molar-refractivity contribution in [3.63, 3.8) is 0 Å². The number of hydrogen-bond acceptors (Lipinski definition) is 0. The van der Waals surface area contributed by atoms with Gasteiger partial charge in [0.15, 0.2) is 0 Å². The van der Waals surface area contributed by atoms with Gasteiger partial charge < -0.3 is 0 Å². The summed E-state index contributed by atoms with van der Waals surface area (Å²) in [6, 6.07) is 5.90. The van der Waals surface area contributed by atoms with Gasteiger partial charge >= 0.3 is 18.0 Å². The molecule has 0 aliphatic carbocycles. The molecular weight excluding hydrogens is 380 g/mol. The predicted molar refractivity (Wildman–Crippen MR) is 85.5 cm³/mol. The Morgan fingerprint density at radius 3 is 1.67 bits per heavy atom. The molecule has 0 aromatic heterocycles. The van der Waals surface area contributed by atoms with E-state index in [0.717, 1.165) is 24.3 Å². The molecule has 0 saturated carbocycles. The Morgan fingerprint density at radius 2 is 1.26 bits per heavy atom. The van der Waals surface area contributed by atoms with Gasteiger partial charge in [0.05, 0.1) is 0 Å². The lowest BCUT2D eigenvalue weighted by atomic mass is 9.82. The smallest absolute Gasteiger partial charge is 0.218 e. The van der Waals surface area contributed by atoms with Gasteiger partial charge in [-0.1, -0.05) is 38.1 Å². The van der Waals surface area contributed by atoms with Crippen LogP contribution in [0.3, 0.4) is 0 Å². The third kappa shape index (κ3) is 3.66. The Hall–Kier alpha value is -2.12. The molecule has 2 aromatic carbocycles. The highest BCUT2D eigenvalue weighted by atomic mass is 19.4. The number of rotatable bonds is 4.